The van der Waals surface area contributed by atoms with E-state index in [1.807, 2.05) is 0 Å². The number of rotatable bonds is 12. The molecule has 1 aromatic heterocycles. The molecule has 1 aromatic rings. The van der Waals surface area contributed by atoms with E-state index >= 15 is 0 Å². The lowest BCUT2D eigenvalue weighted by atomic mass is 9.96. The van der Waals surface area contributed by atoms with Crippen molar-refractivity contribution in [3.8, 4) is 18.1 Å². The van der Waals surface area contributed by atoms with Gasteiger partial charge < -0.3 is 39.2 Å². The summed E-state index contributed by atoms with van der Waals surface area (Å²) in [5.74, 6) is 1.23. The first kappa shape index (κ1) is 31.0. The fourth-order valence-corrected chi connectivity index (χ4v) is 4.13. The number of urea groups is 1. The van der Waals surface area contributed by atoms with Crippen LogP contribution in [0.1, 0.15) is 39.5 Å². The molecule has 2 amide bonds. The number of ether oxygens (including phenoxy) is 4. The highest BCUT2D eigenvalue weighted by Gasteiger charge is 2.50. The number of aliphatic hydroxyl groups is 1. The molecule has 1 aliphatic heterocycles. The standard InChI is InChI=1S/C23H32N3O11P/c1-4-5-6-7-11-24-23(30)26-18-9-8-16(13-25-18)36-22-21(35-15(3)28)20(34-14(2)27)19(29)17(37-22)10-12-38(31,32)33/h1,8-9,13,17,19-22,29H,5-7,10-12H2,2-3H3,(H2,31,32,33)(H2,24,25,26,30)/t17-,19-,20+,21+,22+/m1/s1. The number of unbranched alkanes of at least 4 members (excludes halogenated alkanes) is 2. The van der Waals surface area contributed by atoms with Gasteiger partial charge in [-0.3, -0.25) is 19.5 Å². The highest BCUT2D eigenvalue weighted by molar-refractivity contribution is 7.51. The Hall–Kier alpha value is -3.21. The number of hydrogen-bond acceptors (Lipinski definition) is 10. The summed E-state index contributed by atoms with van der Waals surface area (Å²) in [5.41, 5.74) is 0. The molecule has 0 aromatic carbocycles. The molecule has 38 heavy (non-hydrogen) atoms. The SMILES string of the molecule is C#CCCCCNC(=O)Nc1ccc(O[C@H]2O[C@H](CCP(=O)(O)O)[C@@H](O)[C@H](OC(C)=O)[C@@H]2OC(C)=O)cn1. The lowest BCUT2D eigenvalue weighted by Crippen LogP contribution is -2.61. The highest BCUT2D eigenvalue weighted by atomic mass is 31.2. The van der Waals surface area contributed by atoms with Gasteiger partial charge in [0.15, 0.2) is 6.10 Å². The van der Waals surface area contributed by atoms with Gasteiger partial charge in [0.05, 0.1) is 18.5 Å². The summed E-state index contributed by atoms with van der Waals surface area (Å²) in [7, 11) is -4.44. The van der Waals surface area contributed by atoms with E-state index in [9.17, 15) is 33.8 Å². The Bertz CT molecular complexity index is 1040. The van der Waals surface area contributed by atoms with Crippen molar-refractivity contribution in [2.24, 2.45) is 0 Å². The molecule has 0 radical (unpaired) electrons. The van der Waals surface area contributed by atoms with Crippen molar-refractivity contribution in [1.29, 1.82) is 0 Å². The normalized spacial score (nSPS) is 23.0. The van der Waals surface area contributed by atoms with Gasteiger partial charge in [0.25, 0.3) is 0 Å². The molecule has 210 valence electrons. The van der Waals surface area contributed by atoms with Crippen molar-refractivity contribution >= 4 is 31.4 Å². The van der Waals surface area contributed by atoms with Crippen LogP contribution in [0.25, 0.3) is 0 Å². The summed E-state index contributed by atoms with van der Waals surface area (Å²) < 4.78 is 33.2. The molecule has 0 unspecified atom stereocenters. The van der Waals surface area contributed by atoms with Crippen LogP contribution in [0.2, 0.25) is 0 Å². The third-order valence-electron chi connectivity index (χ3n) is 5.19. The Morgan fingerprint density at radius 2 is 1.84 bits per heavy atom. The molecule has 0 aliphatic carbocycles. The van der Waals surface area contributed by atoms with Crippen LogP contribution in [0.15, 0.2) is 18.3 Å². The summed E-state index contributed by atoms with van der Waals surface area (Å²) in [6.07, 6.45) is 0.498. The summed E-state index contributed by atoms with van der Waals surface area (Å²) in [6, 6.07) is 2.39. The summed E-state index contributed by atoms with van der Waals surface area (Å²) in [5, 5.41) is 15.9. The summed E-state index contributed by atoms with van der Waals surface area (Å²) >= 11 is 0. The first-order valence-corrected chi connectivity index (χ1v) is 13.5. The monoisotopic (exact) mass is 557 g/mol. The number of nitrogens with one attached hydrogen (secondary N) is 2. The Morgan fingerprint density at radius 1 is 1.16 bits per heavy atom. The Kier molecular flexibility index (Phi) is 12.0. The highest BCUT2D eigenvalue weighted by Crippen LogP contribution is 2.38. The molecule has 1 aliphatic rings. The number of esters is 2. The van der Waals surface area contributed by atoms with Gasteiger partial charge in [-0.2, -0.15) is 0 Å². The minimum absolute atomic E-state index is 0.0964. The molecule has 15 heteroatoms. The molecule has 1 saturated heterocycles. The number of carbonyl (C=O) groups excluding carboxylic acids is 3. The third-order valence-corrected chi connectivity index (χ3v) is 6.03. The zero-order valence-corrected chi connectivity index (χ0v) is 21.8. The van der Waals surface area contributed by atoms with E-state index in [0.717, 1.165) is 26.7 Å². The lowest BCUT2D eigenvalue weighted by Gasteiger charge is -2.43. The van der Waals surface area contributed by atoms with Gasteiger partial charge in [-0.05, 0) is 31.4 Å². The second-order valence-corrected chi connectivity index (χ2v) is 10.2. The molecule has 5 atom stereocenters. The van der Waals surface area contributed by atoms with Crippen LogP contribution in [0.3, 0.4) is 0 Å². The quantitative estimate of drug-likeness (QED) is 0.105. The second-order valence-electron chi connectivity index (χ2n) is 8.40. The maximum atomic E-state index is 12.0. The van der Waals surface area contributed by atoms with Gasteiger partial charge in [0.2, 0.25) is 12.4 Å². The summed E-state index contributed by atoms with van der Waals surface area (Å²) in [6.45, 7) is 2.61. The zero-order chi connectivity index (χ0) is 28.3. The van der Waals surface area contributed by atoms with E-state index in [1.165, 1.54) is 18.3 Å². The van der Waals surface area contributed by atoms with Crippen LogP contribution in [0.4, 0.5) is 10.6 Å². The van der Waals surface area contributed by atoms with Crippen LogP contribution >= 0.6 is 7.60 Å². The van der Waals surface area contributed by atoms with E-state index in [2.05, 4.69) is 21.5 Å². The van der Waals surface area contributed by atoms with Crippen molar-refractivity contribution in [1.82, 2.24) is 10.3 Å². The topological polar surface area (TPSA) is 203 Å². The first-order valence-electron chi connectivity index (χ1n) is 11.7. The second kappa shape index (κ2) is 14.7. The number of aliphatic hydroxyl groups excluding tert-OH is 1. The van der Waals surface area contributed by atoms with E-state index < -0.39 is 62.4 Å². The minimum atomic E-state index is -4.44. The fraction of sp³-hybridized carbons (Fsp3) is 0.565. The van der Waals surface area contributed by atoms with Crippen LogP contribution in [-0.2, 0) is 28.4 Å². The van der Waals surface area contributed by atoms with Gasteiger partial charge in [-0.25, -0.2) is 9.78 Å². The fourth-order valence-electron chi connectivity index (χ4n) is 3.54. The molecular formula is C23H32N3O11P. The molecule has 1 fully saturated rings. The molecule has 5 N–H and O–H groups in total. The molecule has 2 rings (SSSR count). The molecular weight excluding hydrogens is 525 g/mol. The molecule has 0 bridgehead atoms. The number of carbonyl (C=O) groups is 3. The number of pyridine rings is 1. The van der Waals surface area contributed by atoms with Crippen molar-refractivity contribution < 1.29 is 52.8 Å². The van der Waals surface area contributed by atoms with E-state index in [-0.39, 0.29) is 18.0 Å². The molecule has 0 spiro atoms. The predicted octanol–water partition coefficient (Wildman–Crippen LogP) is 0.902. The van der Waals surface area contributed by atoms with E-state index in [4.69, 9.17) is 25.4 Å². The maximum absolute atomic E-state index is 12.0. The van der Waals surface area contributed by atoms with E-state index in [0.29, 0.717) is 13.0 Å². The Labute approximate surface area is 219 Å². The average Bonchev–Trinajstić information content (AvgIpc) is 2.82. The van der Waals surface area contributed by atoms with Crippen molar-refractivity contribution in [3.05, 3.63) is 18.3 Å². The van der Waals surface area contributed by atoms with Crippen molar-refractivity contribution in [3.63, 3.8) is 0 Å². The number of anilines is 1. The lowest BCUT2D eigenvalue weighted by molar-refractivity contribution is -0.280. The van der Waals surface area contributed by atoms with Crippen molar-refractivity contribution in [2.75, 3.05) is 18.0 Å². The number of hydrogen-bond donors (Lipinski definition) is 5. The smallest absolute Gasteiger partial charge is 0.325 e. The van der Waals surface area contributed by atoms with Crippen LogP contribution in [0, 0.1) is 12.3 Å². The molecule has 0 saturated carbocycles. The number of amides is 2. The average molecular weight is 557 g/mol. The predicted molar refractivity (Wildman–Crippen MR) is 132 cm³/mol. The van der Waals surface area contributed by atoms with Gasteiger partial charge in [0, 0.05) is 26.8 Å². The summed E-state index contributed by atoms with van der Waals surface area (Å²) in [4.78, 5) is 57.9. The third kappa shape index (κ3) is 10.6. The Balaban J connectivity index is 2.13. The first-order chi connectivity index (χ1) is 17.9. The number of terminal acetylenes is 1. The minimum Gasteiger partial charge on any atom is -0.459 e. The van der Waals surface area contributed by atoms with Gasteiger partial charge in [0.1, 0.15) is 17.7 Å². The number of nitrogens with zero attached hydrogens (tertiary/aromatic N) is 1. The molecule has 2 heterocycles. The van der Waals surface area contributed by atoms with Gasteiger partial charge in [-0.15, -0.1) is 12.3 Å². The van der Waals surface area contributed by atoms with E-state index in [1.54, 1.807) is 0 Å². The van der Waals surface area contributed by atoms with Gasteiger partial charge >= 0.3 is 25.6 Å². The van der Waals surface area contributed by atoms with Crippen LogP contribution in [-0.4, -0.2) is 81.3 Å². The maximum Gasteiger partial charge on any atom is 0.325 e. The Morgan fingerprint density at radius 3 is 2.42 bits per heavy atom. The zero-order valence-electron chi connectivity index (χ0n) is 20.9. The number of aromatic nitrogens is 1. The van der Waals surface area contributed by atoms with Crippen molar-refractivity contribution in [2.45, 2.75) is 70.2 Å². The molecule has 14 nitrogen and oxygen atoms in total. The van der Waals surface area contributed by atoms with Gasteiger partial charge in [-0.1, -0.05) is 0 Å². The van der Waals surface area contributed by atoms with Crippen LogP contribution < -0.4 is 15.4 Å². The van der Waals surface area contributed by atoms with Crippen LogP contribution in [0.5, 0.6) is 5.75 Å². The largest absolute Gasteiger partial charge is 0.459 e.